The lowest BCUT2D eigenvalue weighted by atomic mass is 10.2. The molecule has 0 radical (unpaired) electrons. The van der Waals surface area contributed by atoms with Gasteiger partial charge in [-0.3, -0.25) is 4.90 Å². The molecule has 102 valence electrons. The molecule has 0 aromatic rings. The second-order valence-corrected chi connectivity index (χ2v) is 5.60. The maximum Gasteiger partial charge on any atom is 0.0113 e. The third kappa shape index (κ3) is 5.84. The van der Waals surface area contributed by atoms with Gasteiger partial charge in [0, 0.05) is 38.3 Å². The van der Waals surface area contributed by atoms with Gasteiger partial charge in [0.1, 0.15) is 0 Å². The van der Waals surface area contributed by atoms with E-state index in [1.807, 2.05) is 0 Å². The van der Waals surface area contributed by atoms with Gasteiger partial charge in [-0.05, 0) is 32.9 Å². The van der Waals surface area contributed by atoms with E-state index in [0.29, 0.717) is 6.04 Å². The lowest BCUT2D eigenvalue weighted by molar-refractivity contribution is 0.0998. The average Bonchev–Trinajstić information content (AvgIpc) is 2.34. The van der Waals surface area contributed by atoms with Crippen LogP contribution in [0.15, 0.2) is 0 Å². The zero-order valence-corrected chi connectivity index (χ0v) is 12.2. The molecular formula is C14H31N3. The van der Waals surface area contributed by atoms with E-state index in [1.165, 1.54) is 45.6 Å². The standard InChI is InChI=1S/C14H31N3/c1-5-14(4)17-11-9-16(10-12-17)8-6-7-15-13(2)3/h13-15H,5-12H2,1-4H3. The van der Waals surface area contributed by atoms with Crippen LogP contribution in [0.5, 0.6) is 0 Å². The highest BCUT2D eigenvalue weighted by Crippen LogP contribution is 2.08. The highest BCUT2D eigenvalue weighted by atomic mass is 15.3. The smallest absolute Gasteiger partial charge is 0.0113 e. The molecule has 1 aliphatic rings. The van der Waals surface area contributed by atoms with Crippen LogP contribution in [0, 0.1) is 0 Å². The first-order chi connectivity index (χ1) is 8.13. The highest BCUT2D eigenvalue weighted by molar-refractivity contribution is 4.75. The first-order valence-corrected chi connectivity index (χ1v) is 7.33. The fourth-order valence-corrected chi connectivity index (χ4v) is 2.38. The van der Waals surface area contributed by atoms with E-state index in [2.05, 4.69) is 42.8 Å². The molecule has 0 spiro atoms. The second kappa shape index (κ2) is 8.06. The maximum atomic E-state index is 3.48. The Hall–Kier alpha value is -0.120. The van der Waals surface area contributed by atoms with Gasteiger partial charge in [0.2, 0.25) is 0 Å². The zero-order chi connectivity index (χ0) is 12.7. The fraction of sp³-hybridized carbons (Fsp3) is 1.00. The summed E-state index contributed by atoms with van der Waals surface area (Å²) < 4.78 is 0. The van der Waals surface area contributed by atoms with Gasteiger partial charge in [-0.25, -0.2) is 0 Å². The second-order valence-electron chi connectivity index (χ2n) is 5.60. The Labute approximate surface area is 108 Å². The van der Waals surface area contributed by atoms with Crippen molar-refractivity contribution in [3.8, 4) is 0 Å². The summed E-state index contributed by atoms with van der Waals surface area (Å²) in [5, 5.41) is 3.48. The Balaban J connectivity index is 2.07. The van der Waals surface area contributed by atoms with Gasteiger partial charge >= 0.3 is 0 Å². The van der Waals surface area contributed by atoms with E-state index < -0.39 is 0 Å². The highest BCUT2D eigenvalue weighted by Gasteiger charge is 2.19. The number of hydrogen-bond acceptors (Lipinski definition) is 3. The van der Waals surface area contributed by atoms with E-state index in [0.717, 1.165) is 12.6 Å². The summed E-state index contributed by atoms with van der Waals surface area (Å²) in [6.45, 7) is 16.5. The molecule has 1 rings (SSSR count). The monoisotopic (exact) mass is 241 g/mol. The normalized spacial score (nSPS) is 21.0. The van der Waals surface area contributed by atoms with Crippen LogP contribution in [0.4, 0.5) is 0 Å². The van der Waals surface area contributed by atoms with Crippen molar-refractivity contribution in [1.82, 2.24) is 15.1 Å². The average molecular weight is 241 g/mol. The molecule has 1 aliphatic heterocycles. The molecular weight excluding hydrogens is 210 g/mol. The molecule has 0 aliphatic carbocycles. The predicted molar refractivity (Wildman–Crippen MR) is 75.5 cm³/mol. The third-order valence-electron chi connectivity index (χ3n) is 3.82. The lowest BCUT2D eigenvalue weighted by Gasteiger charge is -2.37. The molecule has 1 heterocycles. The third-order valence-corrected chi connectivity index (χ3v) is 3.82. The van der Waals surface area contributed by atoms with E-state index >= 15 is 0 Å². The molecule has 1 atom stereocenters. The Morgan fingerprint density at radius 2 is 1.71 bits per heavy atom. The van der Waals surface area contributed by atoms with Crippen molar-refractivity contribution in [3.63, 3.8) is 0 Å². The molecule has 0 aromatic heterocycles. The number of hydrogen-bond donors (Lipinski definition) is 1. The van der Waals surface area contributed by atoms with Gasteiger partial charge in [0.15, 0.2) is 0 Å². The quantitative estimate of drug-likeness (QED) is 0.686. The Kier molecular flexibility index (Phi) is 7.09. The van der Waals surface area contributed by atoms with Crippen LogP contribution in [-0.4, -0.2) is 61.2 Å². The van der Waals surface area contributed by atoms with Crippen LogP contribution in [0.25, 0.3) is 0 Å². The molecule has 17 heavy (non-hydrogen) atoms. The molecule has 1 N–H and O–H groups in total. The van der Waals surface area contributed by atoms with Crippen molar-refractivity contribution < 1.29 is 0 Å². The summed E-state index contributed by atoms with van der Waals surface area (Å²) in [4.78, 5) is 5.24. The number of nitrogens with zero attached hydrogens (tertiary/aromatic N) is 2. The first-order valence-electron chi connectivity index (χ1n) is 7.33. The summed E-state index contributed by atoms with van der Waals surface area (Å²) in [6.07, 6.45) is 2.56. The number of piperazine rings is 1. The van der Waals surface area contributed by atoms with Crippen LogP contribution in [0.1, 0.15) is 40.5 Å². The van der Waals surface area contributed by atoms with Gasteiger partial charge < -0.3 is 10.2 Å². The summed E-state index contributed by atoms with van der Waals surface area (Å²) >= 11 is 0. The molecule has 0 amide bonds. The van der Waals surface area contributed by atoms with Crippen LogP contribution in [0.2, 0.25) is 0 Å². The molecule has 1 unspecified atom stereocenters. The van der Waals surface area contributed by atoms with Crippen molar-refractivity contribution in [2.75, 3.05) is 39.3 Å². The lowest BCUT2D eigenvalue weighted by Crippen LogP contribution is -2.49. The van der Waals surface area contributed by atoms with Crippen LogP contribution < -0.4 is 5.32 Å². The van der Waals surface area contributed by atoms with Gasteiger partial charge in [-0.1, -0.05) is 20.8 Å². The topological polar surface area (TPSA) is 18.5 Å². The van der Waals surface area contributed by atoms with Crippen molar-refractivity contribution in [1.29, 1.82) is 0 Å². The molecule has 3 nitrogen and oxygen atoms in total. The number of rotatable bonds is 7. The predicted octanol–water partition coefficient (Wildman–Crippen LogP) is 1.79. The van der Waals surface area contributed by atoms with Crippen molar-refractivity contribution >= 4 is 0 Å². The number of nitrogens with one attached hydrogen (secondary N) is 1. The van der Waals surface area contributed by atoms with Gasteiger partial charge in [-0.15, -0.1) is 0 Å². The molecule has 1 saturated heterocycles. The summed E-state index contributed by atoms with van der Waals surface area (Å²) in [5.74, 6) is 0. The molecule has 0 bridgehead atoms. The van der Waals surface area contributed by atoms with Crippen LogP contribution in [-0.2, 0) is 0 Å². The molecule has 0 aromatic carbocycles. The first kappa shape index (κ1) is 14.9. The Bertz CT molecular complexity index is 186. The largest absolute Gasteiger partial charge is 0.314 e. The molecule has 1 fully saturated rings. The SMILES string of the molecule is CCC(C)N1CCN(CCCNC(C)C)CC1. The van der Waals surface area contributed by atoms with Crippen molar-refractivity contribution in [2.24, 2.45) is 0 Å². The minimum atomic E-state index is 0.622. The minimum Gasteiger partial charge on any atom is -0.314 e. The van der Waals surface area contributed by atoms with Gasteiger partial charge in [0.25, 0.3) is 0 Å². The van der Waals surface area contributed by atoms with E-state index in [-0.39, 0.29) is 0 Å². The van der Waals surface area contributed by atoms with E-state index in [1.54, 1.807) is 0 Å². The van der Waals surface area contributed by atoms with Crippen molar-refractivity contribution in [2.45, 2.75) is 52.6 Å². The van der Waals surface area contributed by atoms with Crippen molar-refractivity contribution in [3.05, 3.63) is 0 Å². The molecule has 0 saturated carbocycles. The molecule has 3 heteroatoms. The minimum absolute atomic E-state index is 0.622. The Morgan fingerprint density at radius 1 is 1.06 bits per heavy atom. The zero-order valence-electron chi connectivity index (χ0n) is 12.2. The van der Waals surface area contributed by atoms with E-state index in [9.17, 15) is 0 Å². The van der Waals surface area contributed by atoms with Gasteiger partial charge in [0.05, 0.1) is 0 Å². The summed E-state index contributed by atoms with van der Waals surface area (Å²) in [6, 6.07) is 1.39. The summed E-state index contributed by atoms with van der Waals surface area (Å²) in [5.41, 5.74) is 0. The fourth-order valence-electron chi connectivity index (χ4n) is 2.38. The Morgan fingerprint density at radius 3 is 2.24 bits per heavy atom. The summed E-state index contributed by atoms with van der Waals surface area (Å²) in [7, 11) is 0. The van der Waals surface area contributed by atoms with Gasteiger partial charge in [-0.2, -0.15) is 0 Å². The van der Waals surface area contributed by atoms with E-state index in [4.69, 9.17) is 0 Å². The van der Waals surface area contributed by atoms with Crippen LogP contribution >= 0.6 is 0 Å². The van der Waals surface area contributed by atoms with Crippen LogP contribution in [0.3, 0.4) is 0 Å². The maximum absolute atomic E-state index is 3.48.